The molecule has 0 aliphatic carbocycles. The first-order valence-corrected chi connectivity index (χ1v) is 20.6. The fraction of sp³-hybridized carbons (Fsp3) is 0.326. The molecule has 3 aliphatic rings. The Morgan fingerprint density at radius 3 is 2.61 bits per heavy atom. The highest BCUT2D eigenvalue weighted by Crippen LogP contribution is 2.45. The first-order valence-electron chi connectivity index (χ1n) is 19.1. The second-order valence-electron chi connectivity index (χ2n) is 14.3. The molecule has 9 rings (SSSR count). The minimum atomic E-state index is -1.14. The number of methoxy groups -OCH3 is 2. The Labute approximate surface area is 355 Å². The maximum absolute atomic E-state index is 13.6. The number of benzene rings is 3. The van der Waals surface area contributed by atoms with Crippen LogP contribution in [0.2, 0.25) is 10.2 Å². The van der Waals surface area contributed by atoms with Crippen LogP contribution >= 0.6 is 34.7 Å². The van der Waals surface area contributed by atoms with Crippen molar-refractivity contribution in [2.75, 3.05) is 60.6 Å². The lowest BCUT2D eigenvalue weighted by Crippen LogP contribution is -2.49. The number of aromatic nitrogens is 4. The number of piperazine rings is 1. The van der Waals surface area contributed by atoms with Crippen molar-refractivity contribution in [1.82, 2.24) is 29.1 Å². The monoisotopic (exact) mass is 856 g/mol. The van der Waals surface area contributed by atoms with Crippen molar-refractivity contribution >= 4 is 50.8 Å². The number of fused-ring (bicyclic) bond motifs is 7. The van der Waals surface area contributed by atoms with Gasteiger partial charge in [0.1, 0.15) is 47.5 Å². The fourth-order valence-electron chi connectivity index (χ4n) is 7.22. The van der Waals surface area contributed by atoms with Crippen LogP contribution in [0, 0.1) is 6.92 Å². The molecule has 3 aromatic heterocycles. The van der Waals surface area contributed by atoms with Gasteiger partial charge in [-0.15, -0.1) is 0 Å². The van der Waals surface area contributed by atoms with E-state index < -0.39 is 12.1 Å². The van der Waals surface area contributed by atoms with Gasteiger partial charge in [0, 0.05) is 62.7 Å². The molecule has 3 aromatic carbocycles. The normalized spacial score (nSPS) is 17.4. The molecule has 0 unspecified atom stereocenters. The first kappa shape index (κ1) is 40.5. The quantitative estimate of drug-likeness (QED) is 0.110. The molecule has 0 N–H and O–H groups in total. The van der Waals surface area contributed by atoms with Crippen molar-refractivity contribution in [2.45, 2.75) is 32.2 Å². The third kappa shape index (κ3) is 8.87. The van der Waals surface area contributed by atoms with E-state index in [4.69, 9.17) is 56.6 Å². The molecule has 4 bridgehead atoms. The summed E-state index contributed by atoms with van der Waals surface area (Å²) in [7, 11) is 5.05. The van der Waals surface area contributed by atoms with E-state index in [1.54, 1.807) is 25.6 Å². The van der Waals surface area contributed by atoms with E-state index in [1.165, 1.54) is 18.6 Å². The van der Waals surface area contributed by atoms with Crippen molar-refractivity contribution in [3.8, 4) is 51.4 Å². The van der Waals surface area contributed by atoms with Gasteiger partial charge in [-0.1, -0.05) is 41.4 Å². The maximum atomic E-state index is 13.6. The molecule has 2 atom stereocenters. The maximum Gasteiger partial charge on any atom is 0.347 e. The highest BCUT2D eigenvalue weighted by atomic mass is 35.5. The average Bonchev–Trinajstić information content (AvgIpc) is 3.66. The molecule has 6 aromatic rings. The number of rotatable bonds is 8. The first-order chi connectivity index (χ1) is 28.7. The third-order valence-electron chi connectivity index (χ3n) is 10.4. The Bertz CT molecular complexity index is 2480. The third-order valence-corrected chi connectivity index (χ3v) is 12.0. The Morgan fingerprint density at radius 2 is 1.80 bits per heavy atom. The van der Waals surface area contributed by atoms with E-state index in [-0.39, 0.29) is 36.8 Å². The molecular formula is C43H42Cl2N6O7S. The van der Waals surface area contributed by atoms with Gasteiger partial charge in [-0.3, -0.25) is 4.90 Å². The largest absolute Gasteiger partial charge is 0.496 e. The molecule has 59 heavy (non-hydrogen) atoms. The van der Waals surface area contributed by atoms with Crippen LogP contribution in [-0.2, 0) is 22.6 Å². The second-order valence-corrected chi connectivity index (χ2v) is 15.9. The number of para-hydroxylation sites is 1. The number of ether oxygens (including phenoxy) is 6. The number of carbonyl (C=O) groups excluding carboxylic acids is 1. The summed E-state index contributed by atoms with van der Waals surface area (Å²) in [5.74, 6) is 2.31. The van der Waals surface area contributed by atoms with Crippen LogP contribution in [-0.4, -0.2) is 108 Å². The van der Waals surface area contributed by atoms with Crippen molar-refractivity contribution in [3.05, 3.63) is 100 Å². The lowest BCUT2D eigenvalue weighted by Gasteiger charge is -2.34. The fourth-order valence-corrected chi connectivity index (χ4v) is 8.37. The summed E-state index contributed by atoms with van der Waals surface area (Å²) < 4.78 is 42.3. The number of hydrogen-bond donors (Lipinski definition) is 0. The van der Waals surface area contributed by atoms with Crippen LogP contribution in [0.4, 0.5) is 0 Å². The van der Waals surface area contributed by atoms with Gasteiger partial charge in [0.15, 0.2) is 5.82 Å². The molecule has 0 amide bonds. The predicted molar refractivity (Wildman–Crippen MR) is 226 cm³/mol. The number of nitrogens with zero attached hydrogens (tertiary/aromatic N) is 6. The van der Waals surface area contributed by atoms with Crippen molar-refractivity contribution in [2.24, 2.45) is 0 Å². The van der Waals surface area contributed by atoms with Gasteiger partial charge < -0.3 is 33.3 Å². The minimum Gasteiger partial charge on any atom is -0.496 e. The van der Waals surface area contributed by atoms with E-state index in [0.29, 0.717) is 67.3 Å². The Hall–Kier alpha value is -5.25. The summed E-state index contributed by atoms with van der Waals surface area (Å²) >= 11 is 15.2. The van der Waals surface area contributed by atoms with Crippen LogP contribution in [0.3, 0.4) is 0 Å². The van der Waals surface area contributed by atoms with Crippen LogP contribution in [0.25, 0.3) is 32.6 Å². The van der Waals surface area contributed by atoms with Gasteiger partial charge in [0.2, 0.25) is 12.0 Å². The van der Waals surface area contributed by atoms with Crippen molar-refractivity contribution in [3.63, 3.8) is 0 Å². The summed E-state index contributed by atoms with van der Waals surface area (Å²) in [5, 5.41) is 1.26. The Morgan fingerprint density at radius 1 is 0.966 bits per heavy atom. The van der Waals surface area contributed by atoms with Gasteiger partial charge in [0.05, 0.1) is 40.6 Å². The molecule has 16 heteroatoms. The standard InChI is InChI=1S/C43H42Cl2N6O7S/c1-25-30-10-12-34(39(25)44)57-29(22-51-17-15-50(2)16-18-51)24-55-28-9-11-32(56-23-27-13-14-46-41(48-27)31-7-5-6-8-33(31)53-3)26(19-28)20-35(43(52)54-4)58-42-38-36(59-49-42)21-47-40(45)37(30)38/h5-14,19,21,29,35H,15-18,20,22-24H2,1-4H3/t29-,35+/m1/s1. The number of pyridine rings is 1. The predicted octanol–water partition coefficient (Wildman–Crippen LogP) is 7.57. The number of esters is 1. The minimum absolute atomic E-state index is 0.0446. The zero-order valence-electron chi connectivity index (χ0n) is 32.9. The topological polar surface area (TPSA) is 130 Å². The highest BCUT2D eigenvalue weighted by molar-refractivity contribution is 7.13. The summed E-state index contributed by atoms with van der Waals surface area (Å²) in [6.07, 6.45) is 1.83. The molecule has 0 saturated carbocycles. The van der Waals surface area contributed by atoms with E-state index in [0.717, 1.165) is 42.9 Å². The molecule has 306 valence electrons. The van der Waals surface area contributed by atoms with Gasteiger partial charge in [-0.25, -0.2) is 19.7 Å². The van der Waals surface area contributed by atoms with E-state index in [1.807, 2.05) is 61.5 Å². The van der Waals surface area contributed by atoms with Crippen molar-refractivity contribution < 1.29 is 33.2 Å². The number of halogens is 2. The zero-order chi connectivity index (χ0) is 41.0. The molecule has 0 spiro atoms. The van der Waals surface area contributed by atoms with Gasteiger partial charge in [-0.05, 0) is 79.1 Å². The zero-order valence-corrected chi connectivity index (χ0v) is 35.3. The Balaban J connectivity index is 1.18. The van der Waals surface area contributed by atoms with Gasteiger partial charge in [0.25, 0.3) is 0 Å². The van der Waals surface area contributed by atoms with E-state index in [9.17, 15) is 4.79 Å². The van der Waals surface area contributed by atoms with Crippen LogP contribution in [0.5, 0.6) is 28.9 Å². The lowest BCUT2D eigenvalue weighted by molar-refractivity contribution is -0.148. The summed E-state index contributed by atoms with van der Waals surface area (Å²) in [4.78, 5) is 32.0. The van der Waals surface area contributed by atoms with E-state index in [2.05, 4.69) is 31.2 Å². The van der Waals surface area contributed by atoms with Crippen molar-refractivity contribution in [1.29, 1.82) is 0 Å². The Kier molecular flexibility index (Phi) is 12.3. The molecule has 13 nitrogen and oxygen atoms in total. The summed E-state index contributed by atoms with van der Waals surface area (Å²) in [6, 6.07) is 18.6. The van der Waals surface area contributed by atoms with Gasteiger partial charge in [-0.2, -0.15) is 4.37 Å². The molecular weight excluding hydrogens is 815 g/mol. The number of carbonyl (C=O) groups is 1. The summed E-state index contributed by atoms with van der Waals surface area (Å²) in [6.45, 7) is 6.53. The smallest absolute Gasteiger partial charge is 0.347 e. The average molecular weight is 858 g/mol. The number of likely N-dealkylation sites (N-methyl/N-ethyl adjacent to an activating group) is 1. The molecule has 6 heterocycles. The van der Waals surface area contributed by atoms with E-state index >= 15 is 0 Å². The number of hydrogen-bond acceptors (Lipinski definition) is 14. The SMILES string of the molecule is COC(=O)[C@@H]1Cc2cc(ccc2OCc2ccnc(-c3ccccc3OC)n2)OC[C@@H](CN2CCN(C)CC2)Oc2ccc(c(C)c2Cl)-c2c(Cl)ncc3snc(c23)O1. The summed E-state index contributed by atoms with van der Waals surface area (Å²) in [5.41, 5.74) is 4.05. The van der Waals surface area contributed by atoms with Crippen LogP contribution in [0.15, 0.2) is 73.1 Å². The molecule has 3 aliphatic heterocycles. The molecule has 0 radical (unpaired) electrons. The lowest BCUT2D eigenvalue weighted by atomic mass is 9.99. The highest BCUT2D eigenvalue weighted by Gasteiger charge is 2.30. The molecule has 1 saturated heterocycles. The van der Waals surface area contributed by atoms with Crippen LogP contribution < -0.4 is 23.7 Å². The second kappa shape index (κ2) is 17.9. The van der Waals surface area contributed by atoms with Crippen LogP contribution in [0.1, 0.15) is 16.8 Å². The molecule has 1 fully saturated rings. The van der Waals surface area contributed by atoms with Gasteiger partial charge >= 0.3 is 5.97 Å².